The fraction of sp³-hybridized carbons (Fsp3) is 0.167. The molecule has 1 heterocycles. The van der Waals surface area contributed by atoms with Crippen LogP contribution in [0.5, 0.6) is 0 Å². The standard InChI is InChI=1S/C12H11NO3/c1-7-10(6-11(14)15)8-4-2-3-5-9(8)12(16)13-7/h2-7H,1H3,(H,13,16)(H,14,15)/t7-/m0/s1. The summed E-state index contributed by atoms with van der Waals surface area (Å²) in [5, 5.41) is 11.5. The van der Waals surface area contributed by atoms with Crippen LogP contribution in [0.4, 0.5) is 0 Å². The van der Waals surface area contributed by atoms with Gasteiger partial charge in [-0.1, -0.05) is 18.2 Å². The lowest BCUT2D eigenvalue weighted by Crippen LogP contribution is -2.38. The van der Waals surface area contributed by atoms with Crippen molar-refractivity contribution in [2.45, 2.75) is 13.0 Å². The quantitative estimate of drug-likeness (QED) is 0.696. The van der Waals surface area contributed by atoms with Crippen LogP contribution in [0, 0.1) is 0 Å². The van der Waals surface area contributed by atoms with Crippen molar-refractivity contribution < 1.29 is 14.7 Å². The maximum atomic E-state index is 11.6. The van der Waals surface area contributed by atoms with Gasteiger partial charge in [-0.15, -0.1) is 0 Å². The summed E-state index contributed by atoms with van der Waals surface area (Å²) in [6.07, 6.45) is 1.14. The molecule has 0 saturated carbocycles. The van der Waals surface area contributed by atoms with Crippen molar-refractivity contribution in [1.82, 2.24) is 5.32 Å². The fourth-order valence-corrected chi connectivity index (χ4v) is 1.85. The summed E-state index contributed by atoms with van der Waals surface area (Å²) in [6, 6.07) is 6.72. The van der Waals surface area contributed by atoms with Gasteiger partial charge in [0.15, 0.2) is 0 Å². The molecule has 1 aliphatic rings. The number of carboxylic acid groups (broad SMARTS) is 1. The van der Waals surface area contributed by atoms with Crippen molar-refractivity contribution in [3.8, 4) is 0 Å². The van der Waals surface area contributed by atoms with Crippen molar-refractivity contribution >= 4 is 17.4 Å². The van der Waals surface area contributed by atoms with E-state index in [1.807, 2.05) is 0 Å². The number of nitrogens with one attached hydrogen (secondary N) is 1. The molecule has 0 aliphatic carbocycles. The van der Waals surface area contributed by atoms with Gasteiger partial charge in [-0.2, -0.15) is 0 Å². The Bertz CT molecular complexity index is 491. The minimum Gasteiger partial charge on any atom is -0.478 e. The van der Waals surface area contributed by atoms with Crippen LogP contribution >= 0.6 is 0 Å². The smallest absolute Gasteiger partial charge is 0.328 e. The summed E-state index contributed by atoms with van der Waals surface area (Å²) >= 11 is 0. The van der Waals surface area contributed by atoms with Crippen molar-refractivity contribution in [2.24, 2.45) is 0 Å². The first-order valence-electron chi connectivity index (χ1n) is 4.94. The van der Waals surface area contributed by atoms with E-state index in [4.69, 9.17) is 5.11 Å². The SMILES string of the molecule is C[C@@H]1NC(=O)c2ccccc2C1=CC(=O)O. The molecule has 2 rings (SSSR count). The number of carbonyl (C=O) groups is 2. The van der Waals surface area contributed by atoms with Crippen LogP contribution in [0.1, 0.15) is 22.8 Å². The van der Waals surface area contributed by atoms with Gasteiger partial charge in [0.05, 0.1) is 6.04 Å². The van der Waals surface area contributed by atoms with Gasteiger partial charge in [0.1, 0.15) is 0 Å². The molecule has 1 aliphatic heterocycles. The number of hydrogen-bond acceptors (Lipinski definition) is 2. The van der Waals surface area contributed by atoms with Gasteiger partial charge >= 0.3 is 5.97 Å². The number of carbonyl (C=O) groups excluding carboxylic acids is 1. The van der Waals surface area contributed by atoms with Crippen molar-refractivity contribution in [3.05, 3.63) is 41.5 Å². The number of hydrogen-bond donors (Lipinski definition) is 2. The maximum absolute atomic E-state index is 11.6. The molecular weight excluding hydrogens is 206 g/mol. The molecule has 2 N–H and O–H groups in total. The third-order valence-corrected chi connectivity index (χ3v) is 2.58. The van der Waals surface area contributed by atoms with Gasteiger partial charge < -0.3 is 10.4 Å². The number of benzene rings is 1. The van der Waals surface area contributed by atoms with Crippen LogP contribution in [0.25, 0.3) is 5.57 Å². The molecule has 0 unspecified atom stereocenters. The normalized spacial score (nSPS) is 21.4. The predicted molar refractivity (Wildman–Crippen MR) is 59.0 cm³/mol. The van der Waals surface area contributed by atoms with E-state index in [1.54, 1.807) is 31.2 Å². The van der Waals surface area contributed by atoms with Crippen LogP contribution in [-0.2, 0) is 4.79 Å². The molecule has 16 heavy (non-hydrogen) atoms. The average molecular weight is 217 g/mol. The zero-order valence-corrected chi connectivity index (χ0v) is 8.73. The zero-order valence-electron chi connectivity index (χ0n) is 8.73. The summed E-state index contributed by atoms with van der Waals surface area (Å²) in [7, 11) is 0. The minimum absolute atomic E-state index is 0.161. The molecule has 82 valence electrons. The Morgan fingerprint density at radius 2 is 2.00 bits per heavy atom. The van der Waals surface area contributed by atoms with E-state index in [0.717, 1.165) is 6.08 Å². The first kappa shape index (κ1) is 10.4. The van der Waals surface area contributed by atoms with Crippen LogP contribution in [0.15, 0.2) is 30.3 Å². The summed E-state index contributed by atoms with van der Waals surface area (Å²) in [5.41, 5.74) is 1.84. The number of rotatable bonds is 1. The molecule has 0 bridgehead atoms. The Morgan fingerprint density at radius 1 is 1.38 bits per heavy atom. The Balaban J connectivity index is 2.60. The van der Waals surface area contributed by atoms with Crippen LogP contribution in [0.2, 0.25) is 0 Å². The Hall–Kier alpha value is -2.10. The molecule has 0 radical (unpaired) electrons. The first-order chi connectivity index (χ1) is 7.59. The second-order valence-electron chi connectivity index (χ2n) is 3.68. The van der Waals surface area contributed by atoms with Crippen molar-refractivity contribution in [1.29, 1.82) is 0 Å². The Kier molecular flexibility index (Phi) is 2.48. The highest BCUT2D eigenvalue weighted by Gasteiger charge is 2.25. The molecule has 1 aromatic carbocycles. The summed E-state index contributed by atoms with van der Waals surface area (Å²) in [5.74, 6) is -1.17. The van der Waals surface area contributed by atoms with E-state index in [2.05, 4.69) is 5.32 Å². The maximum Gasteiger partial charge on any atom is 0.328 e. The molecule has 0 saturated heterocycles. The molecule has 4 nitrogen and oxygen atoms in total. The molecule has 0 aromatic heterocycles. The Morgan fingerprint density at radius 3 is 2.62 bits per heavy atom. The second kappa shape index (κ2) is 3.81. The molecule has 0 fully saturated rings. The minimum atomic E-state index is -1.01. The van der Waals surface area contributed by atoms with Gasteiger partial charge in [0.25, 0.3) is 5.91 Å². The number of amides is 1. The van der Waals surface area contributed by atoms with E-state index < -0.39 is 5.97 Å². The van der Waals surface area contributed by atoms with Gasteiger partial charge in [0, 0.05) is 11.6 Å². The molecule has 1 aromatic rings. The van der Waals surface area contributed by atoms with Crippen LogP contribution in [0.3, 0.4) is 0 Å². The number of fused-ring (bicyclic) bond motifs is 1. The highest BCUT2D eigenvalue weighted by atomic mass is 16.4. The molecular formula is C12H11NO3. The van der Waals surface area contributed by atoms with Gasteiger partial charge in [-0.05, 0) is 24.1 Å². The van der Waals surface area contributed by atoms with Gasteiger partial charge in [-0.25, -0.2) is 4.79 Å². The molecule has 4 heteroatoms. The fourth-order valence-electron chi connectivity index (χ4n) is 1.85. The Labute approximate surface area is 92.6 Å². The number of carboxylic acids is 1. The highest BCUT2D eigenvalue weighted by Crippen LogP contribution is 2.26. The monoisotopic (exact) mass is 217 g/mol. The lowest BCUT2D eigenvalue weighted by Gasteiger charge is -2.25. The van der Waals surface area contributed by atoms with E-state index >= 15 is 0 Å². The third kappa shape index (κ3) is 1.69. The first-order valence-corrected chi connectivity index (χ1v) is 4.94. The highest BCUT2D eigenvalue weighted by molar-refractivity contribution is 6.06. The van der Waals surface area contributed by atoms with Gasteiger partial charge in [0.2, 0.25) is 0 Å². The lowest BCUT2D eigenvalue weighted by atomic mass is 9.90. The molecule has 1 amide bonds. The largest absolute Gasteiger partial charge is 0.478 e. The predicted octanol–water partition coefficient (Wildman–Crippen LogP) is 1.29. The summed E-state index contributed by atoms with van der Waals surface area (Å²) in [6.45, 7) is 1.77. The van der Waals surface area contributed by atoms with Crippen LogP contribution in [-0.4, -0.2) is 23.0 Å². The topological polar surface area (TPSA) is 66.4 Å². The molecule has 1 atom stereocenters. The van der Waals surface area contributed by atoms with Crippen molar-refractivity contribution in [3.63, 3.8) is 0 Å². The molecule has 0 spiro atoms. The van der Waals surface area contributed by atoms with E-state index in [1.165, 1.54) is 0 Å². The van der Waals surface area contributed by atoms with E-state index in [-0.39, 0.29) is 11.9 Å². The summed E-state index contributed by atoms with van der Waals surface area (Å²) in [4.78, 5) is 22.4. The van der Waals surface area contributed by atoms with E-state index in [0.29, 0.717) is 16.7 Å². The zero-order chi connectivity index (χ0) is 11.7. The average Bonchev–Trinajstić information content (AvgIpc) is 2.24. The summed E-state index contributed by atoms with van der Waals surface area (Å²) < 4.78 is 0. The van der Waals surface area contributed by atoms with Gasteiger partial charge in [-0.3, -0.25) is 4.79 Å². The number of aliphatic carboxylic acids is 1. The van der Waals surface area contributed by atoms with E-state index in [9.17, 15) is 9.59 Å². The third-order valence-electron chi connectivity index (χ3n) is 2.58. The lowest BCUT2D eigenvalue weighted by molar-refractivity contribution is -0.131. The second-order valence-corrected chi connectivity index (χ2v) is 3.68. The van der Waals surface area contributed by atoms with Crippen molar-refractivity contribution in [2.75, 3.05) is 0 Å². The van der Waals surface area contributed by atoms with Crippen LogP contribution < -0.4 is 5.32 Å².